The number of hydrogen-bond acceptors (Lipinski definition) is 6. The smallest absolute Gasteiger partial charge is 0.327 e. The molecule has 1 aliphatic heterocycles. The van der Waals surface area contributed by atoms with Crippen LogP contribution in [0.2, 0.25) is 0 Å². The number of urea groups is 1. The van der Waals surface area contributed by atoms with E-state index < -0.39 is 46.5 Å². The fraction of sp³-hybridized carbons (Fsp3) is 0.278. The van der Waals surface area contributed by atoms with Crippen molar-refractivity contribution in [1.29, 1.82) is 0 Å². The van der Waals surface area contributed by atoms with Crippen LogP contribution >= 0.6 is 0 Å². The largest absolute Gasteiger partial charge is 0.451 e. The van der Waals surface area contributed by atoms with Crippen molar-refractivity contribution in [2.75, 3.05) is 10.8 Å². The molecule has 3 N–H and O–H groups in total. The molecule has 0 aromatic heterocycles. The average Bonchev–Trinajstić information content (AvgIpc) is 2.82. The summed E-state index contributed by atoms with van der Waals surface area (Å²) >= 11 is 0. The first-order valence-electron chi connectivity index (χ1n) is 8.47. The molecular weight excluding hydrogens is 386 g/mol. The summed E-state index contributed by atoms with van der Waals surface area (Å²) in [5, 5.41) is 3.12. The number of carbonyl (C=O) groups excluding carboxylic acids is 3. The van der Waals surface area contributed by atoms with E-state index in [0.717, 1.165) is 9.69 Å². The molecule has 0 unspecified atom stereocenters. The van der Waals surface area contributed by atoms with Crippen molar-refractivity contribution in [1.82, 2.24) is 5.32 Å². The number of imide groups is 1. The predicted molar refractivity (Wildman–Crippen MR) is 101 cm³/mol. The first-order chi connectivity index (χ1) is 13.1. The van der Waals surface area contributed by atoms with Gasteiger partial charge in [0, 0.05) is 5.39 Å². The van der Waals surface area contributed by atoms with E-state index in [0.29, 0.717) is 11.1 Å². The second-order valence-electron chi connectivity index (χ2n) is 6.65. The summed E-state index contributed by atoms with van der Waals surface area (Å²) in [5.74, 6) is -2.25. The highest BCUT2D eigenvalue weighted by atomic mass is 32.2. The van der Waals surface area contributed by atoms with Gasteiger partial charge in [0.2, 0.25) is 0 Å². The lowest BCUT2D eigenvalue weighted by Crippen LogP contribution is -2.46. The molecule has 1 atom stereocenters. The van der Waals surface area contributed by atoms with Crippen LogP contribution in [-0.4, -0.2) is 39.0 Å². The maximum absolute atomic E-state index is 12.9. The Morgan fingerprint density at radius 3 is 2.39 bits per heavy atom. The minimum absolute atomic E-state index is 0.111. The Hall–Kier alpha value is -3.14. The topological polar surface area (TPSA) is 136 Å². The van der Waals surface area contributed by atoms with E-state index in [1.54, 1.807) is 44.2 Å². The Morgan fingerprint density at radius 2 is 1.79 bits per heavy atom. The van der Waals surface area contributed by atoms with Gasteiger partial charge >= 0.3 is 12.0 Å². The van der Waals surface area contributed by atoms with Crippen molar-refractivity contribution in [3.05, 3.63) is 36.4 Å². The minimum Gasteiger partial charge on any atom is -0.451 e. The summed E-state index contributed by atoms with van der Waals surface area (Å²) in [4.78, 5) is 35.4. The van der Waals surface area contributed by atoms with Gasteiger partial charge in [-0.05, 0) is 23.4 Å². The zero-order valence-corrected chi connectivity index (χ0v) is 16.0. The third-order valence-electron chi connectivity index (χ3n) is 4.32. The molecule has 2 aromatic carbocycles. The summed E-state index contributed by atoms with van der Waals surface area (Å²) in [6.07, 6.45) is -1.29. The normalized spacial score (nSPS) is 15.5. The van der Waals surface area contributed by atoms with Gasteiger partial charge in [-0.3, -0.25) is 19.2 Å². The lowest BCUT2D eigenvalue weighted by molar-refractivity contribution is -0.156. The second kappa shape index (κ2) is 7.12. The van der Waals surface area contributed by atoms with Crippen LogP contribution in [0, 0.1) is 5.92 Å². The van der Waals surface area contributed by atoms with Crippen LogP contribution in [0.25, 0.3) is 10.8 Å². The monoisotopic (exact) mass is 405 g/mol. The molecule has 0 aliphatic carbocycles. The number of nitrogens with zero attached hydrogens (tertiary/aromatic N) is 1. The molecule has 0 spiro atoms. The van der Waals surface area contributed by atoms with E-state index >= 15 is 0 Å². The van der Waals surface area contributed by atoms with E-state index in [9.17, 15) is 22.8 Å². The maximum Gasteiger partial charge on any atom is 0.327 e. The molecule has 9 nitrogen and oxygen atoms in total. The van der Waals surface area contributed by atoms with Gasteiger partial charge in [-0.25, -0.2) is 13.2 Å². The Bertz CT molecular complexity index is 1070. The van der Waals surface area contributed by atoms with E-state index in [2.05, 4.69) is 0 Å². The van der Waals surface area contributed by atoms with Crippen molar-refractivity contribution in [2.45, 2.75) is 24.8 Å². The Kier molecular flexibility index (Phi) is 4.99. The number of esters is 1. The number of amides is 3. The van der Waals surface area contributed by atoms with Gasteiger partial charge in [0.1, 0.15) is 6.54 Å². The number of benzene rings is 2. The van der Waals surface area contributed by atoms with Gasteiger partial charge in [0.25, 0.3) is 15.9 Å². The fourth-order valence-electron chi connectivity index (χ4n) is 3.11. The first-order valence-corrected chi connectivity index (χ1v) is 9.91. The van der Waals surface area contributed by atoms with E-state index in [-0.39, 0.29) is 4.90 Å². The molecule has 0 fully saturated rings. The number of hydrogen-bond donors (Lipinski definition) is 2. The average molecular weight is 405 g/mol. The van der Waals surface area contributed by atoms with E-state index in [4.69, 9.17) is 10.5 Å². The molecule has 148 valence electrons. The number of sulfonamides is 1. The minimum atomic E-state index is -3.93. The highest BCUT2D eigenvalue weighted by Crippen LogP contribution is 2.41. The van der Waals surface area contributed by atoms with Crippen LogP contribution < -0.4 is 15.4 Å². The molecule has 3 amide bonds. The van der Waals surface area contributed by atoms with Crippen molar-refractivity contribution in [3.8, 4) is 0 Å². The molecule has 2 aromatic rings. The molecule has 0 saturated carbocycles. The zero-order valence-electron chi connectivity index (χ0n) is 15.2. The highest BCUT2D eigenvalue weighted by molar-refractivity contribution is 7.93. The fourth-order valence-corrected chi connectivity index (χ4v) is 4.76. The maximum atomic E-state index is 12.9. The summed E-state index contributed by atoms with van der Waals surface area (Å²) < 4.78 is 31.9. The Labute approximate surface area is 161 Å². The van der Waals surface area contributed by atoms with Gasteiger partial charge in [-0.15, -0.1) is 0 Å². The zero-order chi connectivity index (χ0) is 20.6. The number of anilines is 1. The number of primary amides is 1. The first kappa shape index (κ1) is 19.6. The summed E-state index contributed by atoms with van der Waals surface area (Å²) in [7, 11) is -3.93. The summed E-state index contributed by atoms with van der Waals surface area (Å²) in [6.45, 7) is 2.62. The number of ether oxygens (including phenoxy) is 1. The van der Waals surface area contributed by atoms with Crippen LogP contribution in [0.3, 0.4) is 0 Å². The van der Waals surface area contributed by atoms with Crippen molar-refractivity contribution < 1.29 is 27.5 Å². The van der Waals surface area contributed by atoms with Gasteiger partial charge in [-0.2, -0.15) is 0 Å². The number of rotatable bonds is 5. The van der Waals surface area contributed by atoms with Crippen LogP contribution in [0.5, 0.6) is 0 Å². The van der Waals surface area contributed by atoms with Gasteiger partial charge in [0.05, 0.1) is 10.6 Å². The molecule has 3 rings (SSSR count). The Balaban J connectivity index is 1.86. The molecule has 0 radical (unpaired) electrons. The van der Waals surface area contributed by atoms with Gasteiger partial charge < -0.3 is 10.5 Å². The SMILES string of the molecule is CC(C)[C@@H](OC(=O)CN1c2cccc3cccc(c23)S1(=O)=O)C(=O)NC(N)=O. The lowest BCUT2D eigenvalue weighted by Gasteiger charge is -2.22. The third kappa shape index (κ3) is 3.38. The van der Waals surface area contributed by atoms with E-state index in [1.807, 2.05) is 5.32 Å². The third-order valence-corrected chi connectivity index (χ3v) is 6.12. The lowest BCUT2D eigenvalue weighted by atomic mass is 10.1. The van der Waals surface area contributed by atoms with Crippen LogP contribution in [-0.2, 0) is 24.3 Å². The molecular formula is C18H19N3O6S. The van der Waals surface area contributed by atoms with E-state index in [1.165, 1.54) is 6.07 Å². The molecule has 0 bridgehead atoms. The number of carbonyl (C=O) groups is 3. The number of nitrogens with one attached hydrogen (secondary N) is 1. The van der Waals surface area contributed by atoms with Crippen LogP contribution in [0.4, 0.5) is 10.5 Å². The number of nitrogens with two attached hydrogens (primary N) is 1. The van der Waals surface area contributed by atoms with Crippen molar-refractivity contribution >= 4 is 44.4 Å². The van der Waals surface area contributed by atoms with Crippen molar-refractivity contribution in [2.24, 2.45) is 11.7 Å². The highest BCUT2D eigenvalue weighted by Gasteiger charge is 2.38. The molecule has 1 aliphatic rings. The summed E-state index contributed by atoms with van der Waals surface area (Å²) in [6, 6.07) is 8.89. The van der Waals surface area contributed by atoms with Crippen molar-refractivity contribution in [3.63, 3.8) is 0 Å². The standard InChI is InChI=1S/C18H19N3O6S/c1-10(2)16(17(23)20-18(19)24)27-14(22)9-21-12-7-3-5-11-6-4-8-13(15(11)12)28(21,25)26/h3-8,10,16H,9H2,1-2H3,(H3,19,20,23,24)/t16-/m1/s1. The van der Waals surface area contributed by atoms with Crippen LogP contribution in [0.15, 0.2) is 41.3 Å². The van der Waals surface area contributed by atoms with Gasteiger partial charge in [0.15, 0.2) is 6.10 Å². The molecule has 1 heterocycles. The molecule has 10 heteroatoms. The molecule has 0 saturated heterocycles. The predicted octanol–water partition coefficient (Wildman–Crippen LogP) is 1.11. The second-order valence-corrected chi connectivity index (χ2v) is 8.48. The molecule has 28 heavy (non-hydrogen) atoms. The summed E-state index contributed by atoms with van der Waals surface area (Å²) in [5.41, 5.74) is 5.29. The Morgan fingerprint density at radius 1 is 1.14 bits per heavy atom. The van der Waals surface area contributed by atoms with Gasteiger partial charge in [-0.1, -0.05) is 38.1 Å². The quantitative estimate of drug-likeness (QED) is 0.715. The van der Waals surface area contributed by atoms with Crippen LogP contribution in [0.1, 0.15) is 13.8 Å².